The van der Waals surface area contributed by atoms with Crippen LogP contribution in [0.5, 0.6) is 0 Å². The van der Waals surface area contributed by atoms with Gasteiger partial charge in [-0.05, 0) is 25.5 Å². The predicted octanol–water partition coefficient (Wildman–Crippen LogP) is 1.85. The second kappa shape index (κ2) is 3.58. The van der Waals surface area contributed by atoms with Gasteiger partial charge < -0.3 is 9.73 Å². The fourth-order valence-corrected chi connectivity index (χ4v) is 1.99. The Morgan fingerprint density at radius 2 is 2.50 bits per heavy atom. The number of Topliss-reactive ketones (excluding diaryl/α,β-unsaturated/α-hetero) is 1. The molecule has 0 spiro atoms. The van der Waals surface area contributed by atoms with Crippen molar-refractivity contribution in [2.24, 2.45) is 5.41 Å². The van der Waals surface area contributed by atoms with Crippen LogP contribution in [-0.2, 0) is 0 Å². The summed E-state index contributed by atoms with van der Waals surface area (Å²) in [6.45, 7) is 3.82. The van der Waals surface area contributed by atoms with Crippen molar-refractivity contribution < 1.29 is 9.21 Å². The Morgan fingerprint density at radius 3 is 3.07 bits per heavy atom. The highest BCUT2D eigenvalue weighted by molar-refractivity contribution is 6.00. The van der Waals surface area contributed by atoms with E-state index in [0.717, 1.165) is 25.9 Å². The second-order valence-electron chi connectivity index (χ2n) is 4.18. The molecule has 0 aliphatic carbocycles. The summed E-state index contributed by atoms with van der Waals surface area (Å²) in [4.78, 5) is 12.1. The summed E-state index contributed by atoms with van der Waals surface area (Å²) in [5.41, 5.74) is 0.443. The summed E-state index contributed by atoms with van der Waals surface area (Å²) in [6.07, 6.45) is 5.11. The van der Waals surface area contributed by atoms with Crippen molar-refractivity contribution >= 4 is 5.78 Å². The predicted molar refractivity (Wildman–Crippen MR) is 53.2 cm³/mol. The maximum absolute atomic E-state index is 12.1. The summed E-state index contributed by atoms with van der Waals surface area (Å²) in [7, 11) is 0. The smallest absolute Gasteiger partial charge is 0.173 e. The van der Waals surface area contributed by atoms with Gasteiger partial charge in [0, 0.05) is 12.0 Å². The van der Waals surface area contributed by atoms with Gasteiger partial charge in [0.25, 0.3) is 0 Å². The largest absolute Gasteiger partial charge is 0.472 e. The van der Waals surface area contributed by atoms with Crippen LogP contribution in [0.1, 0.15) is 30.1 Å². The normalized spacial score (nSPS) is 27.5. The highest BCUT2D eigenvalue weighted by Crippen LogP contribution is 2.29. The van der Waals surface area contributed by atoms with Gasteiger partial charge in [0.15, 0.2) is 5.78 Å². The van der Waals surface area contributed by atoms with Crippen LogP contribution in [-0.4, -0.2) is 18.9 Å². The van der Waals surface area contributed by atoms with Gasteiger partial charge in [0.2, 0.25) is 0 Å². The molecule has 14 heavy (non-hydrogen) atoms. The van der Waals surface area contributed by atoms with Gasteiger partial charge in [-0.2, -0.15) is 0 Å². The minimum atomic E-state index is -0.248. The molecule has 3 heteroatoms. The van der Waals surface area contributed by atoms with E-state index in [-0.39, 0.29) is 11.2 Å². The lowest BCUT2D eigenvalue weighted by atomic mass is 9.77. The van der Waals surface area contributed by atoms with Crippen LogP contribution in [0.25, 0.3) is 0 Å². The number of ketones is 1. The molecule has 1 aliphatic heterocycles. The van der Waals surface area contributed by atoms with Crippen molar-refractivity contribution in [2.45, 2.75) is 19.8 Å². The van der Waals surface area contributed by atoms with E-state index in [4.69, 9.17) is 4.42 Å². The van der Waals surface area contributed by atoms with Gasteiger partial charge in [-0.1, -0.05) is 6.92 Å². The number of carbonyl (C=O) groups excluding carboxylic acids is 1. The van der Waals surface area contributed by atoms with E-state index in [0.29, 0.717) is 5.56 Å². The molecule has 1 saturated heterocycles. The first-order valence-electron chi connectivity index (χ1n) is 5.00. The molecule has 1 aromatic heterocycles. The van der Waals surface area contributed by atoms with E-state index in [9.17, 15) is 4.79 Å². The van der Waals surface area contributed by atoms with Gasteiger partial charge in [-0.3, -0.25) is 4.79 Å². The number of piperidine rings is 1. The lowest BCUT2D eigenvalue weighted by Crippen LogP contribution is -2.43. The molecule has 0 radical (unpaired) electrons. The van der Waals surface area contributed by atoms with Crippen molar-refractivity contribution in [3.8, 4) is 0 Å². The van der Waals surface area contributed by atoms with Crippen LogP contribution >= 0.6 is 0 Å². The monoisotopic (exact) mass is 193 g/mol. The maximum atomic E-state index is 12.1. The first-order chi connectivity index (χ1) is 6.72. The Kier molecular flexibility index (Phi) is 2.42. The van der Waals surface area contributed by atoms with Crippen LogP contribution in [0.15, 0.2) is 23.0 Å². The molecule has 0 bridgehead atoms. The summed E-state index contributed by atoms with van der Waals surface area (Å²) in [5.74, 6) is 0.193. The minimum absolute atomic E-state index is 0.193. The van der Waals surface area contributed by atoms with E-state index in [2.05, 4.69) is 5.32 Å². The van der Waals surface area contributed by atoms with Crippen LogP contribution in [0.3, 0.4) is 0 Å². The van der Waals surface area contributed by atoms with E-state index >= 15 is 0 Å². The Labute approximate surface area is 83.5 Å². The molecule has 1 atom stereocenters. The molecule has 0 saturated carbocycles. The number of nitrogens with one attached hydrogen (secondary N) is 1. The molecule has 3 nitrogen and oxygen atoms in total. The lowest BCUT2D eigenvalue weighted by molar-refractivity contribution is 0.0772. The van der Waals surface area contributed by atoms with E-state index < -0.39 is 0 Å². The van der Waals surface area contributed by atoms with Crippen LogP contribution in [0.4, 0.5) is 0 Å². The average Bonchev–Trinajstić information content (AvgIpc) is 2.70. The van der Waals surface area contributed by atoms with Gasteiger partial charge in [0.1, 0.15) is 6.26 Å². The van der Waals surface area contributed by atoms with Crippen molar-refractivity contribution in [1.29, 1.82) is 0 Å². The minimum Gasteiger partial charge on any atom is -0.472 e. The highest BCUT2D eigenvalue weighted by atomic mass is 16.3. The fourth-order valence-electron chi connectivity index (χ4n) is 1.99. The van der Waals surface area contributed by atoms with Crippen molar-refractivity contribution in [1.82, 2.24) is 5.32 Å². The summed E-state index contributed by atoms with van der Waals surface area (Å²) < 4.78 is 4.93. The van der Waals surface area contributed by atoms with Crippen molar-refractivity contribution in [2.75, 3.05) is 13.1 Å². The molecule has 76 valence electrons. The topological polar surface area (TPSA) is 42.2 Å². The zero-order valence-electron chi connectivity index (χ0n) is 8.38. The van der Waals surface area contributed by atoms with Crippen molar-refractivity contribution in [3.05, 3.63) is 24.2 Å². The molecule has 2 rings (SSSR count). The molecule has 0 amide bonds. The molecule has 1 N–H and O–H groups in total. The quantitative estimate of drug-likeness (QED) is 0.729. The zero-order valence-corrected chi connectivity index (χ0v) is 8.38. The van der Waals surface area contributed by atoms with Gasteiger partial charge >= 0.3 is 0 Å². The molecule has 1 unspecified atom stereocenters. The number of furan rings is 1. The van der Waals surface area contributed by atoms with Crippen LogP contribution in [0, 0.1) is 5.41 Å². The Morgan fingerprint density at radius 1 is 1.64 bits per heavy atom. The first-order valence-corrected chi connectivity index (χ1v) is 5.00. The third-order valence-corrected chi connectivity index (χ3v) is 2.93. The van der Waals surface area contributed by atoms with Crippen LogP contribution < -0.4 is 5.32 Å². The SMILES string of the molecule is CC1(C(=O)c2ccoc2)CCCNC1. The molecule has 1 fully saturated rings. The Balaban J connectivity index is 2.17. The molecular weight excluding hydrogens is 178 g/mol. The standard InChI is InChI=1S/C11H15NO2/c1-11(4-2-5-12-8-11)10(13)9-3-6-14-7-9/h3,6-7,12H,2,4-5,8H2,1H3. The molecule has 2 heterocycles. The summed E-state index contributed by atoms with van der Waals surface area (Å²) >= 11 is 0. The molecule has 1 aromatic rings. The molecular formula is C11H15NO2. The maximum Gasteiger partial charge on any atom is 0.173 e. The van der Waals surface area contributed by atoms with Crippen molar-refractivity contribution in [3.63, 3.8) is 0 Å². The average molecular weight is 193 g/mol. The van der Waals surface area contributed by atoms with Crippen LogP contribution in [0.2, 0.25) is 0 Å². The first kappa shape index (κ1) is 9.46. The van der Waals surface area contributed by atoms with Gasteiger partial charge in [-0.25, -0.2) is 0 Å². The van der Waals surface area contributed by atoms with E-state index in [1.54, 1.807) is 12.3 Å². The number of hydrogen-bond acceptors (Lipinski definition) is 3. The third kappa shape index (κ3) is 1.60. The lowest BCUT2D eigenvalue weighted by Gasteiger charge is -2.32. The van der Waals surface area contributed by atoms with Gasteiger partial charge in [0.05, 0.1) is 11.8 Å². The zero-order chi connectivity index (χ0) is 10.0. The molecule has 1 aliphatic rings. The third-order valence-electron chi connectivity index (χ3n) is 2.93. The summed E-state index contributed by atoms with van der Waals surface area (Å²) in [5, 5.41) is 3.27. The van der Waals surface area contributed by atoms with E-state index in [1.807, 2.05) is 6.92 Å². The number of carbonyl (C=O) groups is 1. The Bertz CT molecular complexity index is 310. The fraction of sp³-hybridized carbons (Fsp3) is 0.545. The van der Waals surface area contributed by atoms with Gasteiger partial charge in [-0.15, -0.1) is 0 Å². The Hall–Kier alpha value is -1.09. The summed E-state index contributed by atoms with van der Waals surface area (Å²) in [6, 6.07) is 1.74. The number of rotatable bonds is 2. The highest BCUT2D eigenvalue weighted by Gasteiger charge is 2.35. The second-order valence-corrected chi connectivity index (χ2v) is 4.18. The van der Waals surface area contributed by atoms with E-state index in [1.165, 1.54) is 6.26 Å². The molecule has 0 aromatic carbocycles. The number of hydrogen-bond donors (Lipinski definition) is 1.